The van der Waals surface area contributed by atoms with Crippen LogP contribution in [0.5, 0.6) is 0 Å². The van der Waals surface area contributed by atoms with Crippen LogP contribution in [0.4, 0.5) is 4.39 Å². The van der Waals surface area contributed by atoms with E-state index in [1.165, 1.54) is 17.0 Å². The van der Waals surface area contributed by atoms with Gasteiger partial charge in [0.1, 0.15) is 5.82 Å². The third-order valence-corrected chi connectivity index (χ3v) is 5.38. The first-order valence-electron chi connectivity index (χ1n) is 6.20. The molecular weight excluding hydrogens is 299 g/mol. The molecule has 2 rings (SSSR count). The second kappa shape index (κ2) is 6.43. The fourth-order valence-corrected chi connectivity index (χ4v) is 3.51. The van der Waals surface area contributed by atoms with Gasteiger partial charge >= 0.3 is 0 Å². The first-order chi connectivity index (χ1) is 9.51. The fraction of sp³-hybridized carbons (Fsp3) is 0.308. The molecule has 0 aliphatic heterocycles. The van der Waals surface area contributed by atoms with Gasteiger partial charge in [-0.15, -0.1) is 11.3 Å². The van der Waals surface area contributed by atoms with E-state index in [-0.39, 0.29) is 11.4 Å². The number of aryl methyl sites for hydroxylation is 1. The van der Waals surface area contributed by atoms with E-state index in [0.29, 0.717) is 6.42 Å². The van der Waals surface area contributed by atoms with Crippen LogP contribution in [0.1, 0.15) is 16.8 Å². The van der Waals surface area contributed by atoms with E-state index in [2.05, 4.69) is 16.6 Å². The average Bonchev–Trinajstić information content (AvgIpc) is 2.87. The summed E-state index contributed by atoms with van der Waals surface area (Å²) in [5.74, 6) is -0.459. The lowest BCUT2D eigenvalue weighted by Crippen LogP contribution is -2.25. The van der Waals surface area contributed by atoms with Crippen LogP contribution in [0, 0.1) is 5.82 Å². The number of sulfonamides is 1. The fourth-order valence-electron chi connectivity index (χ4n) is 1.62. The highest BCUT2D eigenvalue weighted by atomic mass is 32.2. The lowest BCUT2D eigenvalue weighted by atomic mass is 10.4. The van der Waals surface area contributed by atoms with E-state index >= 15 is 0 Å². The molecule has 1 N–H and O–H groups in total. The van der Waals surface area contributed by atoms with Crippen LogP contribution in [0.2, 0.25) is 0 Å². The molecule has 0 aliphatic carbocycles. The Bertz CT molecular complexity index is 666. The first-order valence-corrected chi connectivity index (χ1v) is 8.50. The molecule has 0 unspecified atom stereocenters. The van der Waals surface area contributed by atoms with Crippen LogP contribution in [0.25, 0.3) is 0 Å². The topological polar surface area (TPSA) is 59.1 Å². The molecule has 0 fully saturated rings. The zero-order valence-electron chi connectivity index (χ0n) is 11.0. The van der Waals surface area contributed by atoms with E-state index in [1.54, 1.807) is 11.3 Å². The maximum Gasteiger partial charge on any atom is 0.240 e. The molecule has 4 nitrogen and oxygen atoms in total. The van der Waals surface area contributed by atoms with Gasteiger partial charge in [0.15, 0.2) is 0 Å². The minimum absolute atomic E-state index is 0.0623. The van der Waals surface area contributed by atoms with Crippen molar-refractivity contribution in [2.24, 2.45) is 0 Å². The van der Waals surface area contributed by atoms with Gasteiger partial charge in [0.25, 0.3) is 0 Å². The van der Waals surface area contributed by atoms with Crippen LogP contribution < -0.4 is 4.72 Å². The number of aromatic nitrogens is 1. The molecule has 7 heteroatoms. The summed E-state index contributed by atoms with van der Waals surface area (Å²) >= 11 is 1.59. The zero-order valence-corrected chi connectivity index (χ0v) is 12.6. The van der Waals surface area contributed by atoms with Crippen molar-refractivity contribution in [3.05, 3.63) is 46.2 Å². The number of halogens is 1. The molecule has 0 aliphatic rings. The maximum atomic E-state index is 12.8. The maximum absolute atomic E-state index is 12.8. The molecule has 0 bridgehead atoms. The molecule has 1 aromatic heterocycles. The van der Waals surface area contributed by atoms with Gasteiger partial charge in [0.05, 0.1) is 9.90 Å². The standard InChI is InChI=1S/C13H15FN2O2S2/c1-2-11-9-15-13(19-11)7-8-16-20(17,18)12-5-3-10(14)4-6-12/h3-6,9,16H,2,7-8H2,1H3. The summed E-state index contributed by atoms with van der Waals surface area (Å²) in [5, 5.41) is 0.906. The Morgan fingerprint density at radius 2 is 2.00 bits per heavy atom. The van der Waals surface area contributed by atoms with E-state index < -0.39 is 15.8 Å². The van der Waals surface area contributed by atoms with Gasteiger partial charge in [-0.05, 0) is 30.7 Å². The number of benzene rings is 1. The van der Waals surface area contributed by atoms with E-state index in [1.807, 2.05) is 6.20 Å². The number of nitrogens with one attached hydrogen (secondary N) is 1. The van der Waals surface area contributed by atoms with Gasteiger partial charge in [-0.25, -0.2) is 22.5 Å². The monoisotopic (exact) mass is 314 g/mol. The van der Waals surface area contributed by atoms with Gasteiger partial charge in [-0.1, -0.05) is 6.92 Å². The molecule has 1 heterocycles. The summed E-state index contributed by atoms with van der Waals surface area (Å²) in [6, 6.07) is 4.75. The molecule has 1 aromatic carbocycles. The Balaban J connectivity index is 1.94. The molecule has 0 spiro atoms. The Hall–Kier alpha value is -1.31. The summed E-state index contributed by atoms with van der Waals surface area (Å²) in [6.07, 6.45) is 3.29. The highest BCUT2D eigenvalue weighted by Gasteiger charge is 2.13. The molecule has 108 valence electrons. The molecule has 0 radical (unpaired) electrons. The number of nitrogens with zero attached hydrogens (tertiary/aromatic N) is 1. The van der Waals surface area contributed by atoms with E-state index in [9.17, 15) is 12.8 Å². The highest BCUT2D eigenvalue weighted by molar-refractivity contribution is 7.89. The average molecular weight is 314 g/mol. The molecular formula is C13H15FN2O2S2. The predicted octanol–water partition coefficient (Wildman–Crippen LogP) is 2.37. The van der Waals surface area contributed by atoms with Crippen LogP contribution in [0.3, 0.4) is 0 Å². The molecule has 0 amide bonds. The Labute approximate surface area is 121 Å². The van der Waals surface area contributed by atoms with Crippen molar-refractivity contribution in [2.75, 3.05) is 6.54 Å². The van der Waals surface area contributed by atoms with Crippen molar-refractivity contribution in [2.45, 2.75) is 24.7 Å². The molecule has 0 atom stereocenters. The summed E-state index contributed by atoms with van der Waals surface area (Å²) in [7, 11) is -3.59. The lowest BCUT2D eigenvalue weighted by molar-refractivity contribution is 0.580. The van der Waals surface area contributed by atoms with Crippen molar-refractivity contribution in [3.8, 4) is 0 Å². The van der Waals surface area contributed by atoms with Gasteiger partial charge in [0.2, 0.25) is 10.0 Å². The van der Waals surface area contributed by atoms with E-state index in [4.69, 9.17) is 0 Å². The largest absolute Gasteiger partial charge is 0.249 e. The van der Waals surface area contributed by atoms with Gasteiger partial charge < -0.3 is 0 Å². The van der Waals surface area contributed by atoms with Gasteiger partial charge in [0, 0.05) is 24.0 Å². The number of hydrogen-bond donors (Lipinski definition) is 1. The van der Waals surface area contributed by atoms with Crippen LogP contribution in [0.15, 0.2) is 35.4 Å². The Morgan fingerprint density at radius 1 is 1.30 bits per heavy atom. The van der Waals surface area contributed by atoms with Crippen molar-refractivity contribution in [1.29, 1.82) is 0 Å². The van der Waals surface area contributed by atoms with Crippen molar-refractivity contribution in [3.63, 3.8) is 0 Å². The van der Waals surface area contributed by atoms with Crippen LogP contribution in [-0.2, 0) is 22.9 Å². The lowest BCUT2D eigenvalue weighted by Gasteiger charge is -2.05. The molecule has 0 saturated heterocycles. The Morgan fingerprint density at radius 3 is 2.60 bits per heavy atom. The summed E-state index contributed by atoms with van der Waals surface area (Å²) in [5.41, 5.74) is 0. The second-order valence-electron chi connectivity index (χ2n) is 4.18. The number of thiazole rings is 1. The highest BCUT2D eigenvalue weighted by Crippen LogP contribution is 2.14. The minimum atomic E-state index is -3.59. The smallest absolute Gasteiger partial charge is 0.240 e. The summed E-state index contributed by atoms with van der Waals surface area (Å²) < 4.78 is 39.1. The predicted molar refractivity (Wildman–Crippen MR) is 76.8 cm³/mol. The first kappa shape index (κ1) is 15.1. The molecule has 2 aromatic rings. The molecule has 0 saturated carbocycles. The van der Waals surface area contributed by atoms with Crippen molar-refractivity contribution in [1.82, 2.24) is 9.71 Å². The summed E-state index contributed by atoms with van der Waals surface area (Å²) in [6.45, 7) is 2.32. The SMILES string of the molecule is CCc1cnc(CCNS(=O)(=O)c2ccc(F)cc2)s1. The van der Waals surface area contributed by atoms with Gasteiger partial charge in [-0.2, -0.15) is 0 Å². The third-order valence-electron chi connectivity index (χ3n) is 2.70. The normalized spacial score (nSPS) is 11.7. The minimum Gasteiger partial charge on any atom is -0.249 e. The van der Waals surface area contributed by atoms with Crippen molar-refractivity contribution >= 4 is 21.4 Å². The number of hydrogen-bond acceptors (Lipinski definition) is 4. The third kappa shape index (κ3) is 3.84. The second-order valence-corrected chi connectivity index (χ2v) is 7.14. The number of rotatable bonds is 6. The quantitative estimate of drug-likeness (QED) is 0.890. The summed E-state index contributed by atoms with van der Waals surface area (Å²) in [4.78, 5) is 5.47. The zero-order chi connectivity index (χ0) is 14.6. The van der Waals surface area contributed by atoms with Crippen LogP contribution in [-0.4, -0.2) is 19.9 Å². The van der Waals surface area contributed by atoms with E-state index in [0.717, 1.165) is 23.6 Å². The van der Waals surface area contributed by atoms with Crippen molar-refractivity contribution < 1.29 is 12.8 Å². The van der Waals surface area contributed by atoms with Crippen LogP contribution >= 0.6 is 11.3 Å². The Kier molecular flexibility index (Phi) is 4.85. The van der Waals surface area contributed by atoms with Gasteiger partial charge in [-0.3, -0.25) is 0 Å². The molecule has 20 heavy (non-hydrogen) atoms.